The fraction of sp³-hybridized carbons (Fsp3) is 0.600. The molecule has 1 saturated carbocycles. The lowest BCUT2D eigenvalue weighted by atomic mass is 9.86. The Balaban J connectivity index is 1.72. The molecule has 0 bridgehead atoms. The van der Waals surface area contributed by atoms with Crippen LogP contribution in [0.3, 0.4) is 0 Å². The number of rotatable bonds is 7. The number of aromatic nitrogens is 4. The number of carbonyl (C=O) groups excluding carboxylic acids is 1. The summed E-state index contributed by atoms with van der Waals surface area (Å²) in [5, 5.41) is 7.34. The molecule has 3 rings (SSSR count). The number of carbonyl (C=O) groups is 1. The second kappa shape index (κ2) is 8.97. The molecule has 1 aliphatic carbocycles. The van der Waals surface area contributed by atoms with E-state index < -0.39 is 0 Å². The number of nitrogens with zero attached hydrogens (tertiary/aromatic N) is 3. The summed E-state index contributed by atoms with van der Waals surface area (Å²) in [5.74, 6) is 1.52. The Morgan fingerprint density at radius 2 is 2.07 bits per heavy atom. The van der Waals surface area contributed by atoms with E-state index in [0.717, 1.165) is 30.7 Å². The number of nitrogens with one attached hydrogen (secondary N) is 2. The highest BCUT2D eigenvalue weighted by molar-refractivity contribution is 5.90. The first kappa shape index (κ1) is 19.3. The first-order valence-corrected chi connectivity index (χ1v) is 10.0. The maximum absolute atomic E-state index is 12.4. The summed E-state index contributed by atoms with van der Waals surface area (Å²) < 4.78 is 1.51. The van der Waals surface area contributed by atoms with Gasteiger partial charge in [-0.1, -0.05) is 45.4 Å². The van der Waals surface area contributed by atoms with E-state index in [4.69, 9.17) is 0 Å². The van der Waals surface area contributed by atoms with Gasteiger partial charge >= 0.3 is 0 Å². The molecule has 7 nitrogen and oxygen atoms in total. The van der Waals surface area contributed by atoms with Crippen LogP contribution in [0.5, 0.6) is 0 Å². The summed E-state index contributed by atoms with van der Waals surface area (Å²) >= 11 is 0. The van der Waals surface area contributed by atoms with Crippen LogP contribution >= 0.6 is 0 Å². The molecule has 1 aliphatic rings. The number of aryl methyl sites for hydroxylation is 2. The van der Waals surface area contributed by atoms with E-state index in [1.54, 1.807) is 6.07 Å². The lowest BCUT2D eigenvalue weighted by molar-refractivity contribution is -0.116. The van der Waals surface area contributed by atoms with Crippen LogP contribution in [0.25, 0.3) is 5.95 Å². The van der Waals surface area contributed by atoms with Gasteiger partial charge in [-0.15, -0.1) is 0 Å². The lowest BCUT2D eigenvalue weighted by Gasteiger charge is -2.21. The molecule has 2 N–H and O–H groups in total. The number of amides is 1. The van der Waals surface area contributed by atoms with E-state index in [9.17, 15) is 9.59 Å². The largest absolute Gasteiger partial charge is 0.310 e. The average molecular weight is 371 g/mol. The minimum Gasteiger partial charge on any atom is -0.310 e. The van der Waals surface area contributed by atoms with Crippen LogP contribution in [0.1, 0.15) is 69.7 Å². The van der Waals surface area contributed by atoms with Crippen molar-refractivity contribution in [2.45, 2.75) is 71.6 Å². The monoisotopic (exact) mass is 371 g/mol. The van der Waals surface area contributed by atoms with Gasteiger partial charge in [0, 0.05) is 24.2 Å². The predicted octanol–water partition coefficient (Wildman–Crippen LogP) is 3.52. The van der Waals surface area contributed by atoms with Crippen molar-refractivity contribution in [3.05, 3.63) is 33.9 Å². The Morgan fingerprint density at radius 3 is 2.81 bits per heavy atom. The summed E-state index contributed by atoms with van der Waals surface area (Å²) in [4.78, 5) is 31.6. The smallest absolute Gasteiger partial charge is 0.252 e. The molecular formula is C20H29N5O2. The zero-order valence-corrected chi connectivity index (χ0v) is 16.3. The molecule has 0 unspecified atom stereocenters. The van der Waals surface area contributed by atoms with E-state index in [1.165, 1.54) is 42.9 Å². The molecule has 2 aromatic heterocycles. The molecule has 0 aromatic carbocycles. The van der Waals surface area contributed by atoms with Crippen LogP contribution in [0.15, 0.2) is 16.9 Å². The SMILES string of the molecule is CCCc1cc(=O)[nH]c(-n2nc(C)cc2NC(=O)CCC2CCCCC2)n1. The molecule has 0 saturated heterocycles. The summed E-state index contributed by atoms with van der Waals surface area (Å²) in [7, 11) is 0. The molecule has 1 amide bonds. The zero-order chi connectivity index (χ0) is 19.2. The Kier molecular flexibility index (Phi) is 6.42. The molecule has 7 heteroatoms. The van der Waals surface area contributed by atoms with E-state index >= 15 is 0 Å². The molecule has 0 atom stereocenters. The quantitative estimate of drug-likeness (QED) is 0.779. The van der Waals surface area contributed by atoms with Gasteiger partial charge in [-0.05, 0) is 25.7 Å². The van der Waals surface area contributed by atoms with E-state index in [0.29, 0.717) is 24.1 Å². The average Bonchev–Trinajstić information content (AvgIpc) is 3.01. The van der Waals surface area contributed by atoms with Gasteiger partial charge in [-0.25, -0.2) is 4.98 Å². The second-order valence-corrected chi connectivity index (χ2v) is 7.48. The standard InChI is InChI=1S/C20H29N5O2/c1-3-7-16-13-19(27)23-20(21-16)25-17(12-14(2)24-25)22-18(26)11-10-15-8-5-4-6-9-15/h12-13,15H,3-11H2,1-2H3,(H,22,26)(H,21,23,27). The van der Waals surface area contributed by atoms with Gasteiger partial charge in [0.2, 0.25) is 11.9 Å². The molecule has 2 aromatic rings. The molecule has 2 heterocycles. The molecular weight excluding hydrogens is 342 g/mol. The molecule has 146 valence electrons. The Bertz CT molecular complexity index is 833. The van der Waals surface area contributed by atoms with Crippen LogP contribution in [-0.2, 0) is 11.2 Å². The highest BCUT2D eigenvalue weighted by atomic mass is 16.1. The van der Waals surface area contributed by atoms with Gasteiger partial charge in [0.1, 0.15) is 5.82 Å². The van der Waals surface area contributed by atoms with Crippen molar-refractivity contribution in [1.82, 2.24) is 19.7 Å². The second-order valence-electron chi connectivity index (χ2n) is 7.48. The summed E-state index contributed by atoms with van der Waals surface area (Å²) in [6, 6.07) is 3.30. The molecule has 0 spiro atoms. The van der Waals surface area contributed by atoms with Crippen molar-refractivity contribution >= 4 is 11.7 Å². The van der Waals surface area contributed by atoms with Crippen molar-refractivity contribution in [2.75, 3.05) is 5.32 Å². The predicted molar refractivity (Wildman–Crippen MR) is 105 cm³/mol. The van der Waals surface area contributed by atoms with Gasteiger partial charge < -0.3 is 5.32 Å². The summed E-state index contributed by atoms with van der Waals surface area (Å²) in [5.41, 5.74) is 1.26. The summed E-state index contributed by atoms with van der Waals surface area (Å²) in [6.07, 6.45) is 9.42. The van der Waals surface area contributed by atoms with Crippen LogP contribution in [0.2, 0.25) is 0 Å². The van der Waals surface area contributed by atoms with Crippen molar-refractivity contribution in [3.63, 3.8) is 0 Å². The van der Waals surface area contributed by atoms with Crippen molar-refractivity contribution in [2.24, 2.45) is 5.92 Å². The normalized spacial score (nSPS) is 15.0. The molecule has 0 aliphatic heterocycles. The third-order valence-corrected chi connectivity index (χ3v) is 5.09. The van der Waals surface area contributed by atoms with Crippen molar-refractivity contribution in [1.29, 1.82) is 0 Å². The fourth-order valence-corrected chi connectivity index (χ4v) is 3.74. The van der Waals surface area contributed by atoms with Crippen molar-refractivity contribution in [3.8, 4) is 5.95 Å². The van der Waals surface area contributed by atoms with E-state index in [2.05, 4.69) is 20.4 Å². The van der Waals surface area contributed by atoms with Crippen LogP contribution in [0.4, 0.5) is 5.82 Å². The lowest BCUT2D eigenvalue weighted by Crippen LogP contribution is -2.20. The van der Waals surface area contributed by atoms with Gasteiger partial charge in [0.25, 0.3) is 5.56 Å². The van der Waals surface area contributed by atoms with Crippen LogP contribution in [-0.4, -0.2) is 25.7 Å². The van der Waals surface area contributed by atoms with Gasteiger partial charge in [0.15, 0.2) is 0 Å². The third-order valence-electron chi connectivity index (χ3n) is 5.09. The Labute approximate surface area is 159 Å². The number of anilines is 1. The van der Waals surface area contributed by atoms with E-state index in [-0.39, 0.29) is 11.5 Å². The van der Waals surface area contributed by atoms with Gasteiger partial charge in [-0.2, -0.15) is 9.78 Å². The molecule has 0 radical (unpaired) electrons. The van der Waals surface area contributed by atoms with Crippen molar-refractivity contribution < 1.29 is 4.79 Å². The van der Waals surface area contributed by atoms with Crippen LogP contribution < -0.4 is 10.9 Å². The number of H-pyrrole nitrogens is 1. The minimum absolute atomic E-state index is 0.0196. The Morgan fingerprint density at radius 1 is 1.30 bits per heavy atom. The van der Waals surface area contributed by atoms with E-state index in [1.807, 2.05) is 13.8 Å². The zero-order valence-electron chi connectivity index (χ0n) is 16.3. The summed E-state index contributed by atoms with van der Waals surface area (Å²) in [6.45, 7) is 3.89. The van der Waals surface area contributed by atoms with Gasteiger partial charge in [-0.3, -0.25) is 14.6 Å². The first-order chi connectivity index (χ1) is 13.0. The molecule has 1 fully saturated rings. The Hall–Kier alpha value is -2.44. The number of hydrogen-bond acceptors (Lipinski definition) is 4. The van der Waals surface area contributed by atoms with Gasteiger partial charge in [0.05, 0.1) is 5.69 Å². The highest BCUT2D eigenvalue weighted by Crippen LogP contribution is 2.27. The first-order valence-electron chi connectivity index (χ1n) is 10.0. The minimum atomic E-state index is -0.217. The number of hydrogen-bond donors (Lipinski definition) is 2. The third kappa shape index (κ3) is 5.28. The topological polar surface area (TPSA) is 92.7 Å². The fourth-order valence-electron chi connectivity index (χ4n) is 3.74. The maximum Gasteiger partial charge on any atom is 0.252 e. The van der Waals surface area contributed by atoms with Crippen LogP contribution in [0, 0.1) is 12.8 Å². The number of aromatic amines is 1. The highest BCUT2D eigenvalue weighted by Gasteiger charge is 2.17. The molecule has 27 heavy (non-hydrogen) atoms. The maximum atomic E-state index is 12.4.